The Balaban J connectivity index is 1.99. The van der Waals surface area contributed by atoms with Crippen LogP contribution in [0.15, 0.2) is 42.5 Å². The summed E-state index contributed by atoms with van der Waals surface area (Å²) in [5, 5.41) is 2.70. The summed E-state index contributed by atoms with van der Waals surface area (Å²) in [5.74, 6) is 0.304. The molecule has 3 rings (SSSR count). The SMILES string of the molecule is O=C1COc2ccc(C(=O)c3ccccc3I)cc2N1. The van der Waals surface area contributed by atoms with E-state index in [9.17, 15) is 9.59 Å². The number of rotatable bonds is 2. The molecule has 0 fully saturated rings. The van der Waals surface area contributed by atoms with Crippen LogP contribution < -0.4 is 10.1 Å². The number of amides is 1. The van der Waals surface area contributed by atoms with E-state index in [0.717, 1.165) is 3.57 Å². The number of benzene rings is 2. The van der Waals surface area contributed by atoms with Crippen molar-refractivity contribution in [3.63, 3.8) is 0 Å². The molecule has 20 heavy (non-hydrogen) atoms. The van der Waals surface area contributed by atoms with Crippen LogP contribution in [0.4, 0.5) is 5.69 Å². The van der Waals surface area contributed by atoms with Gasteiger partial charge in [-0.15, -0.1) is 0 Å². The summed E-state index contributed by atoms with van der Waals surface area (Å²) in [6.07, 6.45) is 0. The van der Waals surface area contributed by atoms with Crippen LogP contribution in [0.25, 0.3) is 0 Å². The lowest BCUT2D eigenvalue weighted by atomic mass is 10.0. The van der Waals surface area contributed by atoms with E-state index in [4.69, 9.17) is 4.74 Å². The molecular formula is C15H10INO3. The molecule has 100 valence electrons. The molecule has 0 radical (unpaired) electrons. The Morgan fingerprint density at radius 3 is 2.80 bits per heavy atom. The molecule has 0 aromatic heterocycles. The molecule has 0 atom stereocenters. The second-order valence-corrected chi connectivity index (χ2v) is 5.52. The standard InChI is InChI=1S/C15H10INO3/c16-11-4-2-1-3-10(11)15(19)9-5-6-13-12(7-9)17-14(18)8-20-13/h1-7H,8H2,(H,17,18). The minimum atomic E-state index is -0.212. The van der Waals surface area contributed by atoms with Crippen LogP contribution in [-0.2, 0) is 4.79 Å². The summed E-state index contributed by atoms with van der Waals surface area (Å²) < 4.78 is 6.17. The average molecular weight is 379 g/mol. The molecule has 2 aromatic carbocycles. The van der Waals surface area contributed by atoms with E-state index in [2.05, 4.69) is 27.9 Å². The van der Waals surface area contributed by atoms with E-state index in [1.165, 1.54) is 0 Å². The fraction of sp³-hybridized carbons (Fsp3) is 0.0667. The summed E-state index contributed by atoms with van der Waals surface area (Å²) in [7, 11) is 0. The number of nitrogens with one attached hydrogen (secondary N) is 1. The molecule has 1 aliphatic heterocycles. The van der Waals surface area contributed by atoms with Gasteiger partial charge in [-0.2, -0.15) is 0 Å². The zero-order valence-electron chi connectivity index (χ0n) is 10.4. The third-order valence-corrected chi connectivity index (χ3v) is 3.93. The van der Waals surface area contributed by atoms with Crippen LogP contribution in [0.5, 0.6) is 5.75 Å². The van der Waals surface area contributed by atoms with Crippen LogP contribution in [0.3, 0.4) is 0 Å². The van der Waals surface area contributed by atoms with E-state index in [1.807, 2.05) is 18.2 Å². The first-order valence-corrected chi connectivity index (χ1v) is 7.09. The fourth-order valence-corrected chi connectivity index (χ4v) is 2.66. The van der Waals surface area contributed by atoms with E-state index < -0.39 is 0 Å². The largest absolute Gasteiger partial charge is 0.482 e. The Morgan fingerprint density at radius 2 is 2.00 bits per heavy atom. The molecule has 0 bridgehead atoms. The van der Waals surface area contributed by atoms with Gasteiger partial charge in [-0.3, -0.25) is 9.59 Å². The van der Waals surface area contributed by atoms with Crippen LogP contribution in [0.1, 0.15) is 15.9 Å². The highest BCUT2D eigenvalue weighted by molar-refractivity contribution is 14.1. The van der Waals surface area contributed by atoms with Crippen molar-refractivity contribution in [3.8, 4) is 5.75 Å². The molecular weight excluding hydrogens is 369 g/mol. The minimum absolute atomic E-state index is 0.0108. The topological polar surface area (TPSA) is 55.4 Å². The lowest BCUT2D eigenvalue weighted by Crippen LogP contribution is -2.25. The second-order valence-electron chi connectivity index (χ2n) is 4.36. The van der Waals surface area contributed by atoms with E-state index in [-0.39, 0.29) is 18.3 Å². The van der Waals surface area contributed by atoms with Crippen molar-refractivity contribution < 1.29 is 14.3 Å². The smallest absolute Gasteiger partial charge is 0.262 e. The predicted octanol–water partition coefficient (Wildman–Crippen LogP) is 2.85. The quantitative estimate of drug-likeness (QED) is 0.645. The molecule has 0 unspecified atom stereocenters. The number of carbonyl (C=O) groups excluding carboxylic acids is 2. The number of halogens is 1. The second kappa shape index (κ2) is 5.24. The van der Waals surface area contributed by atoms with Gasteiger partial charge < -0.3 is 10.1 Å². The van der Waals surface area contributed by atoms with Crippen LogP contribution in [0.2, 0.25) is 0 Å². The number of fused-ring (bicyclic) bond motifs is 1. The van der Waals surface area contributed by atoms with Gasteiger partial charge in [-0.25, -0.2) is 0 Å². The van der Waals surface area contributed by atoms with Crippen molar-refractivity contribution in [1.82, 2.24) is 0 Å². The van der Waals surface area contributed by atoms with Gasteiger partial charge in [0.25, 0.3) is 5.91 Å². The van der Waals surface area contributed by atoms with Gasteiger partial charge in [0.2, 0.25) is 0 Å². The van der Waals surface area contributed by atoms with Crippen molar-refractivity contribution in [2.75, 3.05) is 11.9 Å². The summed E-state index contributed by atoms with van der Waals surface area (Å²) in [6, 6.07) is 12.5. The van der Waals surface area contributed by atoms with Crippen molar-refractivity contribution in [2.24, 2.45) is 0 Å². The van der Waals surface area contributed by atoms with E-state index >= 15 is 0 Å². The van der Waals surface area contributed by atoms with Gasteiger partial charge in [0, 0.05) is 14.7 Å². The highest BCUT2D eigenvalue weighted by Crippen LogP contribution is 2.29. The molecule has 2 aromatic rings. The molecule has 4 nitrogen and oxygen atoms in total. The molecule has 1 heterocycles. The van der Waals surface area contributed by atoms with E-state index in [0.29, 0.717) is 22.6 Å². The molecule has 0 spiro atoms. The molecule has 0 aliphatic carbocycles. The van der Waals surface area contributed by atoms with Crippen molar-refractivity contribution in [1.29, 1.82) is 0 Å². The first-order valence-electron chi connectivity index (χ1n) is 6.01. The molecule has 0 saturated carbocycles. The first kappa shape index (κ1) is 13.1. The molecule has 1 amide bonds. The maximum atomic E-state index is 12.5. The van der Waals surface area contributed by atoms with Crippen molar-refractivity contribution in [2.45, 2.75) is 0 Å². The Morgan fingerprint density at radius 1 is 1.20 bits per heavy atom. The maximum Gasteiger partial charge on any atom is 0.262 e. The zero-order valence-corrected chi connectivity index (χ0v) is 12.5. The van der Waals surface area contributed by atoms with Gasteiger partial charge in [-0.05, 0) is 52.9 Å². The first-order chi connectivity index (χ1) is 9.65. The minimum Gasteiger partial charge on any atom is -0.482 e. The fourth-order valence-electron chi connectivity index (χ4n) is 2.03. The van der Waals surface area contributed by atoms with Gasteiger partial charge in [0.1, 0.15) is 5.75 Å². The lowest BCUT2D eigenvalue weighted by Gasteiger charge is -2.18. The molecule has 0 saturated heterocycles. The Hall–Kier alpha value is -1.89. The monoisotopic (exact) mass is 379 g/mol. The van der Waals surface area contributed by atoms with E-state index in [1.54, 1.807) is 24.3 Å². The number of hydrogen-bond acceptors (Lipinski definition) is 3. The average Bonchev–Trinajstić information content (AvgIpc) is 2.46. The molecule has 5 heteroatoms. The number of carbonyl (C=O) groups is 2. The molecule has 1 aliphatic rings. The number of ether oxygens (including phenoxy) is 1. The summed E-state index contributed by atoms with van der Waals surface area (Å²) in [4.78, 5) is 23.8. The third-order valence-electron chi connectivity index (χ3n) is 2.99. The van der Waals surface area contributed by atoms with Crippen LogP contribution in [0, 0.1) is 3.57 Å². The van der Waals surface area contributed by atoms with Crippen molar-refractivity contribution in [3.05, 3.63) is 57.2 Å². The summed E-state index contributed by atoms with van der Waals surface area (Å²) in [5.41, 5.74) is 1.72. The number of anilines is 1. The maximum absolute atomic E-state index is 12.5. The Kier molecular flexibility index (Phi) is 3.43. The predicted molar refractivity (Wildman–Crippen MR) is 83.2 cm³/mol. The van der Waals surface area contributed by atoms with Gasteiger partial charge >= 0.3 is 0 Å². The van der Waals surface area contributed by atoms with Crippen LogP contribution >= 0.6 is 22.6 Å². The van der Waals surface area contributed by atoms with Crippen molar-refractivity contribution >= 4 is 40.0 Å². The Labute approximate surface area is 129 Å². The lowest BCUT2D eigenvalue weighted by molar-refractivity contribution is -0.118. The number of hydrogen-bond donors (Lipinski definition) is 1. The Bertz CT molecular complexity index is 712. The summed E-state index contributed by atoms with van der Waals surface area (Å²) in [6.45, 7) is 0.0108. The highest BCUT2D eigenvalue weighted by atomic mass is 127. The summed E-state index contributed by atoms with van der Waals surface area (Å²) >= 11 is 2.13. The molecule has 1 N–H and O–H groups in total. The van der Waals surface area contributed by atoms with Gasteiger partial charge in [-0.1, -0.05) is 12.1 Å². The number of ketones is 1. The van der Waals surface area contributed by atoms with Gasteiger partial charge in [0.15, 0.2) is 12.4 Å². The van der Waals surface area contributed by atoms with Gasteiger partial charge in [0.05, 0.1) is 5.69 Å². The normalized spacial score (nSPS) is 13.2. The highest BCUT2D eigenvalue weighted by Gasteiger charge is 2.19. The third kappa shape index (κ3) is 2.40. The zero-order chi connectivity index (χ0) is 14.1. The van der Waals surface area contributed by atoms with Crippen LogP contribution in [-0.4, -0.2) is 18.3 Å².